The van der Waals surface area contributed by atoms with E-state index in [1.54, 1.807) is 30.3 Å². The molecule has 1 heterocycles. The van der Waals surface area contributed by atoms with Crippen LogP contribution in [0.4, 0.5) is 11.4 Å². The maximum Gasteiger partial charge on any atom is 0.295 e. The number of amides is 2. The van der Waals surface area contributed by atoms with Gasteiger partial charge in [-0.05, 0) is 35.9 Å². The van der Waals surface area contributed by atoms with Gasteiger partial charge < -0.3 is 15.5 Å². The van der Waals surface area contributed by atoms with E-state index in [0.717, 1.165) is 10.3 Å². The maximum absolute atomic E-state index is 12.6. The molecule has 0 bridgehead atoms. The number of carbonyl (C=O) groups is 2. The van der Waals surface area contributed by atoms with E-state index in [4.69, 9.17) is 4.84 Å². The van der Waals surface area contributed by atoms with Gasteiger partial charge in [0, 0.05) is 24.5 Å². The second-order valence-corrected chi connectivity index (χ2v) is 6.03. The van der Waals surface area contributed by atoms with Crippen LogP contribution in [-0.2, 0) is 11.4 Å². The highest BCUT2D eigenvalue weighted by atomic mass is 16.7. The molecule has 0 aliphatic carbocycles. The Morgan fingerprint density at radius 3 is 2.36 bits per heavy atom. The lowest BCUT2D eigenvalue weighted by molar-refractivity contribution is -0.114. The molecular weight excluding hydrogens is 358 g/mol. The van der Waals surface area contributed by atoms with Gasteiger partial charge in [0.25, 0.3) is 11.5 Å². The van der Waals surface area contributed by atoms with E-state index in [0.29, 0.717) is 11.4 Å². The molecule has 0 saturated carbocycles. The first-order chi connectivity index (χ1) is 13.5. The summed E-state index contributed by atoms with van der Waals surface area (Å²) in [6.45, 7) is 1.59. The standard InChI is InChI=1S/C21H19N3O4/c1-15(25)22-17-9-5-10-18(13-17)23-20(26)19-11-6-12-24(21(19)27)28-14-16-7-3-2-4-8-16/h2-13H,14H2,1H3,(H,22,25)(H,23,26). The van der Waals surface area contributed by atoms with E-state index in [9.17, 15) is 14.4 Å². The largest absolute Gasteiger partial charge is 0.406 e. The summed E-state index contributed by atoms with van der Waals surface area (Å²) in [5, 5.41) is 5.29. The lowest BCUT2D eigenvalue weighted by atomic mass is 10.2. The van der Waals surface area contributed by atoms with Crippen LogP contribution >= 0.6 is 0 Å². The number of hydrogen-bond acceptors (Lipinski definition) is 4. The molecule has 1 aromatic heterocycles. The van der Waals surface area contributed by atoms with Gasteiger partial charge in [-0.3, -0.25) is 14.4 Å². The van der Waals surface area contributed by atoms with Gasteiger partial charge in [-0.1, -0.05) is 36.4 Å². The topological polar surface area (TPSA) is 89.4 Å². The second-order valence-electron chi connectivity index (χ2n) is 6.03. The number of carbonyl (C=O) groups excluding carboxylic acids is 2. The molecule has 3 rings (SSSR count). The zero-order valence-electron chi connectivity index (χ0n) is 15.2. The van der Waals surface area contributed by atoms with E-state index < -0.39 is 11.5 Å². The number of nitrogens with one attached hydrogen (secondary N) is 2. The molecule has 0 saturated heterocycles. The highest BCUT2D eigenvalue weighted by Gasteiger charge is 2.13. The molecule has 0 aliphatic rings. The van der Waals surface area contributed by atoms with Crippen molar-refractivity contribution in [3.8, 4) is 0 Å². The Labute approximate surface area is 161 Å². The van der Waals surface area contributed by atoms with Crippen LogP contribution in [0.25, 0.3) is 0 Å². The number of aromatic nitrogens is 1. The number of hydrogen-bond donors (Lipinski definition) is 2. The van der Waals surface area contributed by atoms with Crippen molar-refractivity contribution < 1.29 is 14.4 Å². The average molecular weight is 377 g/mol. The van der Waals surface area contributed by atoms with E-state index in [-0.39, 0.29) is 18.1 Å². The molecule has 0 atom stereocenters. The van der Waals surface area contributed by atoms with Crippen molar-refractivity contribution in [3.05, 3.63) is 94.4 Å². The minimum absolute atomic E-state index is 0.0551. The molecule has 142 valence electrons. The lowest BCUT2D eigenvalue weighted by Gasteiger charge is -2.11. The van der Waals surface area contributed by atoms with Crippen molar-refractivity contribution in [3.63, 3.8) is 0 Å². The SMILES string of the molecule is CC(=O)Nc1cccc(NC(=O)c2cccn(OCc3ccccc3)c2=O)c1. The average Bonchev–Trinajstić information content (AvgIpc) is 2.67. The molecule has 0 radical (unpaired) electrons. The van der Waals surface area contributed by atoms with E-state index in [1.165, 1.54) is 19.2 Å². The van der Waals surface area contributed by atoms with Crippen molar-refractivity contribution >= 4 is 23.2 Å². The summed E-state index contributed by atoms with van der Waals surface area (Å²) in [7, 11) is 0. The Balaban J connectivity index is 1.73. The van der Waals surface area contributed by atoms with Gasteiger partial charge in [-0.2, -0.15) is 4.73 Å². The lowest BCUT2D eigenvalue weighted by Crippen LogP contribution is -2.32. The zero-order chi connectivity index (χ0) is 19.9. The van der Waals surface area contributed by atoms with Gasteiger partial charge in [0.2, 0.25) is 5.91 Å². The minimum Gasteiger partial charge on any atom is -0.406 e. The predicted octanol–water partition coefficient (Wildman–Crippen LogP) is 2.69. The predicted molar refractivity (Wildman–Crippen MR) is 106 cm³/mol. The number of nitrogens with zero attached hydrogens (tertiary/aromatic N) is 1. The van der Waals surface area contributed by atoms with Gasteiger partial charge in [0.05, 0.1) is 0 Å². The molecule has 2 N–H and O–H groups in total. The summed E-state index contributed by atoms with van der Waals surface area (Å²) in [6.07, 6.45) is 1.46. The van der Waals surface area contributed by atoms with Crippen LogP contribution in [-0.4, -0.2) is 16.5 Å². The third-order valence-electron chi connectivity index (χ3n) is 3.81. The van der Waals surface area contributed by atoms with Gasteiger partial charge >= 0.3 is 0 Å². The summed E-state index contributed by atoms with van der Waals surface area (Å²) in [5.41, 5.74) is 1.28. The van der Waals surface area contributed by atoms with Gasteiger partial charge in [0.15, 0.2) is 0 Å². The molecule has 7 nitrogen and oxygen atoms in total. The fourth-order valence-electron chi connectivity index (χ4n) is 2.54. The van der Waals surface area contributed by atoms with Crippen molar-refractivity contribution in [1.29, 1.82) is 0 Å². The molecule has 28 heavy (non-hydrogen) atoms. The molecule has 7 heteroatoms. The van der Waals surface area contributed by atoms with Crippen LogP contribution in [0.1, 0.15) is 22.8 Å². The molecule has 0 spiro atoms. The summed E-state index contributed by atoms with van der Waals surface area (Å²) in [6, 6.07) is 19.0. The quantitative estimate of drug-likeness (QED) is 0.691. The Morgan fingerprint density at radius 1 is 0.929 bits per heavy atom. The van der Waals surface area contributed by atoms with Gasteiger partial charge in [0.1, 0.15) is 12.2 Å². The molecule has 0 aliphatic heterocycles. The minimum atomic E-state index is -0.567. The number of anilines is 2. The fraction of sp³-hybridized carbons (Fsp3) is 0.0952. The zero-order valence-corrected chi connectivity index (χ0v) is 15.2. The van der Waals surface area contributed by atoms with Crippen LogP contribution in [0.3, 0.4) is 0 Å². The Bertz CT molecular complexity index is 1040. The van der Waals surface area contributed by atoms with Crippen LogP contribution < -0.4 is 21.0 Å². The smallest absolute Gasteiger partial charge is 0.295 e. The summed E-state index contributed by atoms with van der Waals surface area (Å²) >= 11 is 0. The van der Waals surface area contributed by atoms with Crippen molar-refractivity contribution in [2.75, 3.05) is 10.6 Å². The highest BCUT2D eigenvalue weighted by Crippen LogP contribution is 2.15. The number of pyridine rings is 1. The van der Waals surface area contributed by atoms with Crippen LogP contribution in [0.2, 0.25) is 0 Å². The van der Waals surface area contributed by atoms with Crippen LogP contribution in [0, 0.1) is 0 Å². The molecule has 3 aromatic rings. The summed E-state index contributed by atoms with van der Waals surface area (Å²) < 4.78 is 1.04. The molecule has 0 fully saturated rings. The Hall–Kier alpha value is -3.87. The first-order valence-corrected chi connectivity index (χ1v) is 8.61. The fourth-order valence-corrected chi connectivity index (χ4v) is 2.54. The summed E-state index contributed by atoms with van der Waals surface area (Å²) in [4.78, 5) is 41.7. The third-order valence-corrected chi connectivity index (χ3v) is 3.81. The van der Waals surface area contributed by atoms with E-state index in [1.807, 2.05) is 30.3 Å². The third kappa shape index (κ3) is 4.85. The van der Waals surface area contributed by atoms with Gasteiger partial charge in [-0.15, -0.1) is 0 Å². The van der Waals surface area contributed by atoms with Crippen LogP contribution in [0.5, 0.6) is 0 Å². The maximum atomic E-state index is 12.6. The molecule has 2 amide bonds. The normalized spacial score (nSPS) is 10.2. The van der Waals surface area contributed by atoms with Crippen molar-refractivity contribution in [1.82, 2.24) is 4.73 Å². The van der Waals surface area contributed by atoms with E-state index >= 15 is 0 Å². The summed E-state index contributed by atoms with van der Waals surface area (Å²) in [5.74, 6) is -0.785. The van der Waals surface area contributed by atoms with E-state index in [2.05, 4.69) is 10.6 Å². The monoisotopic (exact) mass is 377 g/mol. The van der Waals surface area contributed by atoms with Crippen molar-refractivity contribution in [2.45, 2.75) is 13.5 Å². The van der Waals surface area contributed by atoms with Gasteiger partial charge in [-0.25, -0.2) is 0 Å². The molecule has 2 aromatic carbocycles. The number of rotatable bonds is 6. The Kier molecular flexibility index (Phi) is 5.86. The first-order valence-electron chi connectivity index (χ1n) is 8.61. The van der Waals surface area contributed by atoms with Crippen LogP contribution in [0.15, 0.2) is 77.7 Å². The number of benzene rings is 2. The van der Waals surface area contributed by atoms with Crippen molar-refractivity contribution in [2.24, 2.45) is 0 Å². The Morgan fingerprint density at radius 2 is 1.64 bits per heavy atom. The first kappa shape index (κ1) is 18.9. The molecule has 0 unspecified atom stereocenters. The second kappa shape index (κ2) is 8.68. The highest BCUT2D eigenvalue weighted by molar-refractivity contribution is 6.04. The molecular formula is C21H19N3O4.